The highest BCUT2D eigenvalue weighted by Crippen LogP contribution is 2.38. The number of carbonyl (C=O) groups is 1. The summed E-state index contributed by atoms with van der Waals surface area (Å²) in [5.74, 6) is 0.541. The van der Waals surface area contributed by atoms with Crippen LogP contribution in [0.2, 0.25) is 5.02 Å². The van der Waals surface area contributed by atoms with E-state index in [0.29, 0.717) is 48.2 Å². The van der Waals surface area contributed by atoms with Crippen molar-refractivity contribution in [1.82, 2.24) is 4.57 Å². The second-order valence-corrected chi connectivity index (χ2v) is 11.4. The lowest BCUT2D eigenvalue weighted by molar-refractivity contribution is -0.136. The summed E-state index contributed by atoms with van der Waals surface area (Å²) < 4.78 is 19.8. The summed E-state index contributed by atoms with van der Waals surface area (Å²) in [5, 5.41) is 0.618. The van der Waals surface area contributed by atoms with Crippen LogP contribution in [-0.2, 0) is 16.1 Å². The van der Waals surface area contributed by atoms with E-state index >= 15 is 0 Å². The van der Waals surface area contributed by atoms with E-state index in [9.17, 15) is 9.59 Å². The van der Waals surface area contributed by atoms with E-state index in [2.05, 4.69) is 20.9 Å². The summed E-state index contributed by atoms with van der Waals surface area (Å²) in [6.45, 7) is 4.33. The molecule has 0 saturated carbocycles. The third-order valence-electron chi connectivity index (χ3n) is 6.50. The predicted octanol–water partition coefficient (Wildman–Crippen LogP) is 5.80. The van der Waals surface area contributed by atoms with Crippen molar-refractivity contribution >= 4 is 50.9 Å². The summed E-state index contributed by atoms with van der Waals surface area (Å²) in [6, 6.07) is 19.9. The van der Waals surface area contributed by atoms with Gasteiger partial charge in [0.05, 0.1) is 40.0 Å². The number of rotatable bonds is 8. The molecule has 4 aromatic rings. The fourth-order valence-corrected chi connectivity index (χ4v) is 6.45. The minimum atomic E-state index is -0.659. The highest BCUT2D eigenvalue weighted by molar-refractivity contribution is 9.10. The minimum absolute atomic E-state index is 0.260. The van der Waals surface area contributed by atoms with Gasteiger partial charge in [0, 0.05) is 10.6 Å². The van der Waals surface area contributed by atoms with E-state index in [-0.39, 0.29) is 12.2 Å². The van der Waals surface area contributed by atoms with Crippen molar-refractivity contribution in [3.8, 4) is 11.5 Å². The van der Waals surface area contributed by atoms with Gasteiger partial charge in [0.1, 0.15) is 6.61 Å². The second-order valence-electron chi connectivity index (χ2n) is 9.13. The van der Waals surface area contributed by atoms with Crippen molar-refractivity contribution < 1.29 is 19.0 Å². The molecule has 1 atom stereocenters. The molecule has 0 aliphatic carbocycles. The van der Waals surface area contributed by atoms with Crippen LogP contribution in [0.25, 0.3) is 6.08 Å². The van der Waals surface area contributed by atoms with Crippen molar-refractivity contribution in [2.75, 3.05) is 13.7 Å². The zero-order valence-corrected chi connectivity index (χ0v) is 25.7. The first-order chi connectivity index (χ1) is 19.8. The zero-order valence-electron chi connectivity index (χ0n) is 22.5. The fraction of sp³-hybridized carbons (Fsp3) is 0.194. The molecule has 0 fully saturated rings. The van der Waals surface area contributed by atoms with Crippen molar-refractivity contribution in [1.29, 1.82) is 0 Å². The number of fused-ring (bicyclic) bond motifs is 1. The molecule has 1 aromatic heterocycles. The Morgan fingerprint density at radius 2 is 1.85 bits per heavy atom. The number of thiazole rings is 1. The maximum Gasteiger partial charge on any atom is 0.338 e. The van der Waals surface area contributed by atoms with Crippen LogP contribution in [-0.4, -0.2) is 24.3 Å². The van der Waals surface area contributed by atoms with Crippen molar-refractivity contribution in [3.05, 3.63) is 124 Å². The normalized spacial score (nSPS) is 14.9. The number of ether oxygens (including phenoxy) is 3. The average molecular weight is 654 g/mol. The van der Waals surface area contributed by atoms with Gasteiger partial charge in [0.25, 0.3) is 5.56 Å². The van der Waals surface area contributed by atoms with Crippen LogP contribution in [0.5, 0.6) is 11.5 Å². The second kappa shape index (κ2) is 12.5. The first-order valence-electron chi connectivity index (χ1n) is 12.8. The molecule has 1 aliphatic rings. The molecule has 210 valence electrons. The van der Waals surface area contributed by atoms with Crippen molar-refractivity contribution in [2.45, 2.75) is 26.5 Å². The largest absolute Gasteiger partial charge is 0.490 e. The summed E-state index contributed by atoms with van der Waals surface area (Å²) >= 11 is 11.2. The Morgan fingerprint density at radius 1 is 1.12 bits per heavy atom. The van der Waals surface area contributed by atoms with E-state index in [1.54, 1.807) is 17.6 Å². The molecule has 5 rings (SSSR count). The van der Waals surface area contributed by atoms with Gasteiger partial charge in [-0.05, 0) is 65.2 Å². The van der Waals surface area contributed by atoms with Crippen LogP contribution in [0, 0.1) is 0 Å². The van der Waals surface area contributed by atoms with E-state index in [0.717, 1.165) is 16.7 Å². The first kappa shape index (κ1) is 28.9. The average Bonchev–Trinajstić information content (AvgIpc) is 3.26. The smallest absolute Gasteiger partial charge is 0.338 e. The van der Waals surface area contributed by atoms with Gasteiger partial charge in [0.2, 0.25) is 0 Å². The topological polar surface area (TPSA) is 79.1 Å². The van der Waals surface area contributed by atoms with E-state index in [4.69, 9.17) is 25.8 Å². The molecule has 3 aromatic carbocycles. The standard InChI is InChI=1S/C31H26BrClN2O5S/c1-4-39-24-15-19(14-22(32)28(24)40-17-21-12-8-9-13-23(21)33)16-25-29(36)35-27(20-10-6-5-7-11-20)26(30(37)38-3)18(2)34-31(35)41-25/h5-16,27H,4,17H2,1-3H3. The fourth-order valence-electron chi connectivity index (χ4n) is 4.63. The molecule has 0 bridgehead atoms. The third-order valence-corrected chi connectivity index (χ3v) is 8.44. The summed E-state index contributed by atoms with van der Waals surface area (Å²) in [4.78, 5) is 31.8. The molecule has 0 amide bonds. The van der Waals surface area contributed by atoms with Gasteiger partial charge < -0.3 is 14.2 Å². The molecule has 0 spiro atoms. The maximum atomic E-state index is 13.8. The predicted molar refractivity (Wildman–Crippen MR) is 163 cm³/mol. The molecule has 7 nitrogen and oxygen atoms in total. The molecule has 0 radical (unpaired) electrons. The lowest BCUT2D eigenvalue weighted by atomic mass is 9.96. The zero-order chi connectivity index (χ0) is 29.1. The van der Waals surface area contributed by atoms with Gasteiger partial charge in [-0.2, -0.15) is 0 Å². The molecular formula is C31H26BrClN2O5S. The van der Waals surface area contributed by atoms with Gasteiger partial charge in [-0.3, -0.25) is 9.36 Å². The van der Waals surface area contributed by atoms with Gasteiger partial charge in [-0.25, -0.2) is 9.79 Å². The van der Waals surface area contributed by atoms with Crippen LogP contribution in [0.3, 0.4) is 0 Å². The molecular weight excluding hydrogens is 628 g/mol. The van der Waals surface area contributed by atoms with Crippen LogP contribution < -0.4 is 24.4 Å². The van der Waals surface area contributed by atoms with Crippen LogP contribution >= 0.6 is 38.9 Å². The number of benzene rings is 3. The Bertz CT molecular complexity index is 1830. The number of esters is 1. The Hall–Kier alpha value is -3.66. The third kappa shape index (κ3) is 5.88. The van der Waals surface area contributed by atoms with Crippen LogP contribution in [0.1, 0.15) is 36.6 Å². The van der Waals surface area contributed by atoms with Crippen LogP contribution in [0.15, 0.2) is 92.3 Å². The number of carbonyl (C=O) groups excluding carboxylic acids is 1. The van der Waals surface area contributed by atoms with Crippen LogP contribution in [0.4, 0.5) is 0 Å². The number of allylic oxidation sites excluding steroid dienone is 1. The van der Waals surface area contributed by atoms with E-state index < -0.39 is 12.0 Å². The summed E-state index contributed by atoms with van der Waals surface area (Å²) in [6.07, 6.45) is 1.79. The van der Waals surface area contributed by atoms with Gasteiger partial charge in [-0.15, -0.1) is 0 Å². The number of hydrogen-bond acceptors (Lipinski definition) is 7. The van der Waals surface area contributed by atoms with Gasteiger partial charge in [0.15, 0.2) is 16.3 Å². The van der Waals surface area contributed by atoms with E-state index in [1.165, 1.54) is 18.4 Å². The molecule has 0 saturated heterocycles. The van der Waals surface area contributed by atoms with E-state index in [1.807, 2.05) is 73.7 Å². The molecule has 1 unspecified atom stereocenters. The summed E-state index contributed by atoms with van der Waals surface area (Å²) in [7, 11) is 1.32. The van der Waals surface area contributed by atoms with Crippen molar-refractivity contribution in [2.24, 2.45) is 4.99 Å². The molecule has 0 N–H and O–H groups in total. The summed E-state index contributed by atoms with van der Waals surface area (Å²) in [5.41, 5.74) is 2.96. The molecule has 41 heavy (non-hydrogen) atoms. The maximum absolute atomic E-state index is 13.8. The highest BCUT2D eigenvalue weighted by atomic mass is 79.9. The lowest BCUT2D eigenvalue weighted by Gasteiger charge is -2.24. The number of methoxy groups -OCH3 is 1. The van der Waals surface area contributed by atoms with Gasteiger partial charge >= 0.3 is 5.97 Å². The highest BCUT2D eigenvalue weighted by Gasteiger charge is 2.33. The Balaban J connectivity index is 1.58. The molecule has 1 aliphatic heterocycles. The Morgan fingerprint density at radius 3 is 2.56 bits per heavy atom. The van der Waals surface area contributed by atoms with Gasteiger partial charge in [-0.1, -0.05) is 71.5 Å². The minimum Gasteiger partial charge on any atom is -0.490 e. The Kier molecular flexibility index (Phi) is 8.77. The number of hydrogen-bond donors (Lipinski definition) is 0. The number of halogens is 2. The number of aromatic nitrogens is 1. The Labute approximate surface area is 254 Å². The molecule has 2 heterocycles. The molecule has 10 heteroatoms. The SMILES string of the molecule is CCOc1cc(C=c2sc3n(c2=O)C(c2ccccc2)C(C(=O)OC)=C(C)N=3)cc(Br)c1OCc1ccccc1Cl. The number of nitrogens with zero attached hydrogens (tertiary/aromatic N) is 2. The van der Waals surface area contributed by atoms with Crippen molar-refractivity contribution in [3.63, 3.8) is 0 Å². The first-order valence-corrected chi connectivity index (χ1v) is 14.8. The quantitative estimate of drug-likeness (QED) is 0.225. The monoisotopic (exact) mass is 652 g/mol. The lowest BCUT2D eigenvalue weighted by Crippen LogP contribution is -2.39.